The summed E-state index contributed by atoms with van der Waals surface area (Å²) in [7, 11) is 0.223. The first-order valence-corrected chi connectivity index (χ1v) is 13.8. The maximum Gasteiger partial charge on any atom is 0.279 e. The molecule has 34 heavy (non-hydrogen) atoms. The maximum absolute atomic E-state index is 12.8. The van der Waals surface area contributed by atoms with E-state index < -0.39 is 10.2 Å². The number of benzene rings is 1. The van der Waals surface area contributed by atoms with Crippen molar-refractivity contribution in [2.24, 2.45) is 0 Å². The summed E-state index contributed by atoms with van der Waals surface area (Å²) in [6.45, 7) is 7.03. The van der Waals surface area contributed by atoms with Crippen molar-refractivity contribution in [3.8, 4) is 11.5 Å². The van der Waals surface area contributed by atoms with Gasteiger partial charge in [0, 0.05) is 32.8 Å². The van der Waals surface area contributed by atoms with Crippen LogP contribution in [0.5, 0.6) is 11.5 Å². The lowest BCUT2D eigenvalue weighted by Gasteiger charge is -2.34. The lowest BCUT2D eigenvalue weighted by Crippen LogP contribution is -2.45. The minimum Gasteiger partial charge on any atom is -0.454 e. The zero-order valence-electron chi connectivity index (χ0n) is 20.7. The van der Waals surface area contributed by atoms with Gasteiger partial charge in [-0.25, -0.2) is 0 Å². The van der Waals surface area contributed by atoms with E-state index in [1.54, 1.807) is 13.1 Å². The molecule has 0 atom stereocenters. The van der Waals surface area contributed by atoms with Gasteiger partial charge in [-0.15, -0.1) is 6.58 Å². The van der Waals surface area contributed by atoms with Gasteiger partial charge in [0.1, 0.15) is 0 Å². The Labute approximate surface area is 205 Å². The molecule has 0 aromatic heterocycles. The molecule has 0 amide bonds. The predicted molar refractivity (Wildman–Crippen MR) is 134 cm³/mol. The summed E-state index contributed by atoms with van der Waals surface area (Å²) in [4.78, 5) is 2.28. The SMILES string of the molecule is C=CCN(C)CCCCCCO[C@H]1CC[C@H](N(C)S(=O)(=O)NCc2ccc3c(c2)OCO3)CC1. The van der Waals surface area contributed by atoms with Crippen molar-refractivity contribution >= 4 is 10.2 Å². The van der Waals surface area contributed by atoms with Crippen LogP contribution in [-0.4, -0.2) is 70.4 Å². The van der Waals surface area contributed by atoms with Gasteiger partial charge in [-0.1, -0.05) is 25.0 Å². The predicted octanol–water partition coefficient (Wildman–Crippen LogP) is 3.69. The van der Waals surface area contributed by atoms with Gasteiger partial charge in [-0.3, -0.25) is 0 Å². The number of rotatable bonds is 15. The van der Waals surface area contributed by atoms with Crippen molar-refractivity contribution in [1.82, 2.24) is 13.9 Å². The highest BCUT2D eigenvalue weighted by Crippen LogP contribution is 2.32. The monoisotopic (exact) mass is 495 g/mol. The minimum atomic E-state index is -3.57. The van der Waals surface area contributed by atoms with Crippen LogP contribution in [0.15, 0.2) is 30.9 Å². The Bertz CT molecular complexity index is 871. The number of fused-ring (bicyclic) bond motifs is 1. The van der Waals surface area contributed by atoms with Gasteiger partial charge in [0.2, 0.25) is 6.79 Å². The second-order valence-electron chi connectivity index (χ2n) is 9.30. The van der Waals surface area contributed by atoms with Gasteiger partial charge in [0.05, 0.1) is 6.10 Å². The van der Waals surface area contributed by atoms with Crippen molar-refractivity contribution in [1.29, 1.82) is 0 Å². The average Bonchev–Trinajstić information content (AvgIpc) is 3.30. The molecule has 1 fully saturated rings. The zero-order chi connectivity index (χ0) is 24.4. The van der Waals surface area contributed by atoms with Crippen LogP contribution < -0.4 is 14.2 Å². The number of nitrogens with one attached hydrogen (secondary N) is 1. The fourth-order valence-electron chi connectivity index (χ4n) is 4.50. The van der Waals surface area contributed by atoms with E-state index in [-0.39, 0.29) is 25.5 Å². The molecule has 2 aliphatic rings. The second kappa shape index (κ2) is 13.4. The van der Waals surface area contributed by atoms with Crippen molar-refractivity contribution < 1.29 is 22.6 Å². The first-order chi connectivity index (χ1) is 16.4. The smallest absolute Gasteiger partial charge is 0.279 e. The minimum absolute atomic E-state index is 0.00154. The van der Waals surface area contributed by atoms with E-state index in [2.05, 4.69) is 23.2 Å². The summed E-state index contributed by atoms with van der Waals surface area (Å²) < 4.78 is 46.6. The fourth-order valence-corrected chi connectivity index (χ4v) is 5.65. The Morgan fingerprint density at radius 1 is 1.09 bits per heavy atom. The molecule has 1 saturated carbocycles. The maximum atomic E-state index is 12.8. The first kappa shape index (κ1) is 26.9. The molecule has 3 rings (SSSR count). The molecule has 1 heterocycles. The molecule has 0 bridgehead atoms. The van der Waals surface area contributed by atoms with E-state index in [9.17, 15) is 8.42 Å². The van der Waals surface area contributed by atoms with E-state index in [4.69, 9.17) is 14.2 Å². The highest BCUT2D eigenvalue weighted by Gasteiger charge is 2.30. The van der Waals surface area contributed by atoms with Gasteiger partial charge < -0.3 is 19.1 Å². The lowest BCUT2D eigenvalue weighted by molar-refractivity contribution is 0.0155. The third kappa shape index (κ3) is 8.23. The van der Waals surface area contributed by atoms with E-state index in [0.717, 1.165) is 57.4 Å². The molecule has 0 saturated heterocycles. The molecule has 1 aliphatic carbocycles. The van der Waals surface area contributed by atoms with Crippen LogP contribution in [0.4, 0.5) is 0 Å². The summed E-state index contributed by atoms with van der Waals surface area (Å²) in [5, 5.41) is 0. The molecule has 0 spiro atoms. The van der Waals surface area contributed by atoms with Gasteiger partial charge in [0.15, 0.2) is 11.5 Å². The highest BCUT2D eigenvalue weighted by atomic mass is 32.2. The van der Waals surface area contributed by atoms with E-state index in [1.807, 2.05) is 18.2 Å². The molecule has 0 unspecified atom stereocenters. The second-order valence-corrected chi connectivity index (χ2v) is 11.1. The highest BCUT2D eigenvalue weighted by molar-refractivity contribution is 7.87. The van der Waals surface area contributed by atoms with E-state index >= 15 is 0 Å². The van der Waals surface area contributed by atoms with Crippen molar-refractivity contribution in [3.05, 3.63) is 36.4 Å². The molecule has 1 aliphatic heterocycles. The van der Waals surface area contributed by atoms with Crippen LogP contribution in [0, 0.1) is 0 Å². The van der Waals surface area contributed by atoms with E-state index in [0.29, 0.717) is 11.5 Å². The number of ether oxygens (including phenoxy) is 3. The number of hydrogen-bond donors (Lipinski definition) is 1. The Kier molecular flexibility index (Phi) is 10.7. The topological polar surface area (TPSA) is 80.3 Å². The number of unbranched alkanes of at least 4 members (excludes halogenated alkanes) is 3. The summed E-state index contributed by atoms with van der Waals surface area (Å²) in [5.41, 5.74) is 0.835. The molecule has 1 N–H and O–H groups in total. The summed E-state index contributed by atoms with van der Waals surface area (Å²) >= 11 is 0. The number of nitrogens with zero attached hydrogens (tertiary/aromatic N) is 2. The zero-order valence-corrected chi connectivity index (χ0v) is 21.5. The van der Waals surface area contributed by atoms with Crippen LogP contribution in [0.25, 0.3) is 0 Å². The number of likely N-dealkylation sites (N-methyl/N-ethyl adjacent to an activating group) is 1. The van der Waals surface area contributed by atoms with Gasteiger partial charge in [0.25, 0.3) is 10.2 Å². The first-order valence-electron chi connectivity index (χ1n) is 12.4. The molecule has 0 radical (unpaired) electrons. The molecule has 192 valence electrons. The van der Waals surface area contributed by atoms with Gasteiger partial charge in [-0.05, 0) is 69.8 Å². The van der Waals surface area contributed by atoms with Gasteiger partial charge >= 0.3 is 0 Å². The summed E-state index contributed by atoms with van der Waals surface area (Å²) in [6.07, 6.45) is 10.3. The van der Waals surface area contributed by atoms with Crippen LogP contribution >= 0.6 is 0 Å². The third-order valence-electron chi connectivity index (χ3n) is 6.66. The Balaban J connectivity index is 1.30. The quantitative estimate of drug-likeness (QED) is 0.295. The molecule has 1 aromatic rings. The Morgan fingerprint density at radius 2 is 1.82 bits per heavy atom. The van der Waals surface area contributed by atoms with Crippen LogP contribution in [0.3, 0.4) is 0 Å². The van der Waals surface area contributed by atoms with Crippen LogP contribution in [0.2, 0.25) is 0 Å². The molecular weight excluding hydrogens is 454 g/mol. The molecular formula is C25H41N3O5S. The standard InChI is InChI=1S/C25H41N3O5S/c1-4-15-27(2)16-7-5-6-8-17-31-23-12-10-22(11-13-23)28(3)34(29,30)26-19-21-9-14-24-25(18-21)33-20-32-24/h4,9,14,18,22-23,26H,1,5-8,10-13,15-17,19-20H2,2-3H3/t22-,23-. The van der Waals surface area contributed by atoms with Crippen molar-refractivity contribution in [2.45, 2.75) is 70.1 Å². The summed E-state index contributed by atoms with van der Waals surface area (Å²) in [5.74, 6) is 1.34. The lowest BCUT2D eigenvalue weighted by atomic mass is 9.93. The Hall–Kier alpha value is -1.65. The largest absolute Gasteiger partial charge is 0.454 e. The average molecular weight is 496 g/mol. The Morgan fingerprint density at radius 3 is 2.59 bits per heavy atom. The normalized spacial score (nSPS) is 20.2. The fraction of sp³-hybridized carbons (Fsp3) is 0.680. The third-order valence-corrected chi connectivity index (χ3v) is 8.23. The van der Waals surface area contributed by atoms with Crippen LogP contribution in [-0.2, 0) is 21.5 Å². The number of hydrogen-bond acceptors (Lipinski definition) is 6. The molecule has 8 nitrogen and oxygen atoms in total. The molecule has 9 heteroatoms. The van der Waals surface area contributed by atoms with Crippen molar-refractivity contribution in [3.63, 3.8) is 0 Å². The van der Waals surface area contributed by atoms with Gasteiger partial charge in [-0.2, -0.15) is 17.4 Å². The van der Waals surface area contributed by atoms with Crippen LogP contribution in [0.1, 0.15) is 56.9 Å². The molecule has 1 aromatic carbocycles. The van der Waals surface area contributed by atoms with Crippen molar-refractivity contribution in [2.75, 3.05) is 40.6 Å². The van der Waals surface area contributed by atoms with E-state index in [1.165, 1.54) is 23.6 Å². The summed E-state index contributed by atoms with van der Waals surface area (Å²) in [6, 6.07) is 5.47.